The van der Waals surface area contributed by atoms with Gasteiger partial charge in [0.15, 0.2) is 0 Å². The lowest BCUT2D eigenvalue weighted by atomic mass is 10.00. The summed E-state index contributed by atoms with van der Waals surface area (Å²) in [6.07, 6.45) is 3.66. The van der Waals surface area contributed by atoms with Crippen LogP contribution >= 0.6 is 0 Å². The maximum atomic E-state index is 12.0. The number of aliphatic hydroxyl groups is 1. The largest absolute Gasteiger partial charge is 0.396 e. The molecule has 0 saturated heterocycles. The zero-order valence-electron chi connectivity index (χ0n) is 12.3. The maximum absolute atomic E-state index is 12.0. The van der Waals surface area contributed by atoms with Gasteiger partial charge >= 0.3 is 0 Å². The number of aliphatic hydroxyl groups excluding tert-OH is 1. The van der Waals surface area contributed by atoms with Crippen LogP contribution in [-0.4, -0.2) is 30.7 Å². The Morgan fingerprint density at radius 1 is 1.30 bits per heavy atom. The van der Waals surface area contributed by atoms with Crippen LogP contribution in [0.1, 0.15) is 42.1 Å². The Hall–Kier alpha value is -1.39. The Balaban J connectivity index is 2.48. The zero-order valence-corrected chi connectivity index (χ0v) is 12.3. The summed E-state index contributed by atoms with van der Waals surface area (Å²) in [6, 6.07) is 7.56. The minimum atomic E-state index is -0.0525. The topological polar surface area (TPSA) is 75.3 Å². The molecule has 1 aromatic rings. The molecular weight excluding hydrogens is 252 g/mol. The molecule has 0 fully saturated rings. The quantitative estimate of drug-likeness (QED) is 0.644. The lowest BCUT2D eigenvalue weighted by Gasteiger charge is -2.15. The van der Waals surface area contributed by atoms with Crippen molar-refractivity contribution in [2.75, 3.05) is 19.7 Å². The Labute approximate surface area is 121 Å². The number of amides is 1. The summed E-state index contributed by atoms with van der Waals surface area (Å²) in [4.78, 5) is 12.0. The molecule has 1 atom stereocenters. The van der Waals surface area contributed by atoms with E-state index in [0.717, 1.165) is 31.2 Å². The molecule has 112 valence electrons. The van der Waals surface area contributed by atoms with Gasteiger partial charge in [-0.05, 0) is 49.4 Å². The number of benzene rings is 1. The predicted molar refractivity (Wildman–Crippen MR) is 81.6 cm³/mol. The normalized spacial score (nSPS) is 12.2. The summed E-state index contributed by atoms with van der Waals surface area (Å²) in [5.41, 5.74) is 7.31. The third-order valence-corrected chi connectivity index (χ3v) is 3.43. The molecule has 1 aromatic carbocycles. The van der Waals surface area contributed by atoms with Crippen molar-refractivity contribution in [2.24, 2.45) is 11.7 Å². The second kappa shape index (κ2) is 9.50. The van der Waals surface area contributed by atoms with Crippen molar-refractivity contribution < 1.29 is 9.90 Å². The maximum Gasteiger partial charge on any atom is 0.251 e. The summed E-state index contributed by atoms with van der Waals surface area (Å²) < 4.78 is 0. The molecule has 4 N–H and O–H groups in total. The fraction of sp³-hybridized carbons (Fsp3) is 0.562. The molecule has 4 nitrogen and oxygen atoms in total. The Morgan fingerprint density at radius 2 is 2.00 bits per heavy atom. The van der Waals surface area contributed by atoms with Crippen molar-refractivity contribution in [1.29, 1.82) is 0 Å². The van der Waals surface area contributed by atoms with Crippen LogP contribution in [0.15, 0.2) is 24.3 Å². The van der Waals surface area contributed by atoms with E-state index in [1.807, 2.05) is 24.3 Å². The number of hydrogen-bond donors (Lipinski definition) is 3. The number of nitrogens with two attached hydrogens (primary N) is 1. The number of rotatable bonds is 9. The highest BCUT2D eigenvalue weighted by Crippen LogP contribution is 2.10. The average molecular weight is 278 g/mol. The molecule has 1 rings (SSSR count). The van der Waals surface area contributed by atoms with E-state index in [1.54, 1.807) is 0 Å². The minimum absolute atomic E-state index is 0.0525. The molecule has 0 saturated carbocycles. The number of nitrogens with one attached hydrogen (secondary N) is 1. The van der Waals surface area contributed by atoms with E-state index in [2.05, 4.69) is 12.2 Å². The standard InChI is InChI=1S/C16H26N2O2/c1-2-3-14(9-11-19)12-18-16(20)15-6-4-13(5-7-15)8-10-17/h4-7,14,19H,2-3,8-12,17H2,1H3,(H,18,20). The Bertz CT molecular complexity index is 384. The molecule has 1 unspecified atom stereocenters. The molecule has 0 bridgehead atoms. The highest BCUT2D eigenvalue weighted by molar-refractivity contribution is 5.94. The Kier molecular flexibility index (Phi) is 7.92. The number of carbonyl (C=O) groups excluding carboxylic acids is 1. The molecule has 0 aromatic heterocycles. The van der Waals surface area contributed by atoms with Gasteiger partial charge in [-0.15, -0.1) is 0 Å². The van der Waals surface area contributed by atoms with Crippen LogP contribution in [0.2, 0.25) is 0 Å². The molecule has 0 heterocycles. The molecule has 20 heavy (non-hydrogen) atoms. The van der Waals surface area contributed by atoms with E-state index in [-0.39, 0.29) is 12.5 Å². The van der Waals surface area contributed by atoms with Crippen molar-refractivity contribution in [2.45, 2.75) is 32.6 Å². The summed E-state index contributed by atoms with van der Waals surface area (Å²) in [5.74, 6) is 0.300. The van der Waals surface area contributed by atoms with Crippen LogP contribution in [0, 0.1) is 5.92 Å². The zero-order chi connectivity index (χ0) is 14.8. The molecular formula is C16H26N2O2. The van der Waals surface area contributed by atoms with Gasteiger partial charge < -0.3 is 16.2 Å². The fourth-order valence-corrected chi connectivity index (χ4v) is 2.27. The van der Waals surface area contributed by atoms with Gasteiger partial charge in [0.25, 0.3) is 5.91 Å². The van der Waals surface area contributed by atoms with E-state index in [1.165, 1.54) is 0 Å². The van der Waals surface area contributed by atoms with Gasteiger partial charge in [0.1, 0.15) is 0 Å². The first kappa shape index (κ1) is 16.7. The first-order chi connectivity index (χ1) is 9.71. The lowest BCUT2D eigenvalue weighted by molar-refractivity contribution is 0.0943. The average Bonchev–Trinajstić information content (AvgIpc) is 2.46. The Morgan fingerprint density at radius 3 is 2.55 bits per heavy atom. The van der Waals surface area contributed by atoms with Crippen molar-refractivity contribution in [1.82, 2.24) is 5.32 Å². The van der Waals surface area contributed by atoms with Crippen LogP contribution in [0.4, 0.5) is 0 Å². The first-order valence-electron chi connectivity index (χ1n) is 7.39. The summed E-state index contributed by atoms with van der Waals surface area (Å²) >= 11 is 0. The van der Waals surface area contributed by atoms with Gasteiger partial charge in [-0.25, -0.2) is 0 Å². The van der Waals surface area contributed by atoms with E-state index in [0.29, 0.717) is 24.6 Å². The van der Waals surface area contributed by atoms with Crippen LogP contribution in [0.3, 0.4) is 0 Å². The summed E-state index contributed by atoms with van der Waals surface area (Å²) in [7, 11) is 0. The van der Waals surface area contributed by atoms with Crippen LogP contribution in [0.25, 0.3) is 0 Å². The van der Waals surface area contributed by atoms with Crippen LogP contribution < -0.4 is 11.1 Å². The molecule has 4 heteroatoms. The van der Waals surface area contributed by atoms with Gasteiger partial charge in [-0.1, -0.05) is 25.5 Å². The molecule has 0 aliphatic rings. The van der Waals surface area contributed by atoms with E-state index < -0.39 is 0 Å². The van der Waals surface area contributed by atoms with E-state index in [9.17, 15) is 4.79 Å². The van der Waals surface area contributed by atoms with E-state index >= 15 is 0 Å². The molecule has 0 spiro atoms. The summed E-state index contributed by atoms with van der Waals surface area (Å²) in [5, 5.41) is 11.9. The van der Waals surface area contributed by atoms with E-state index in [4.69, 9.17) is 10.8 Å². The fourth-order valence-electron chi connectivity index (χ4n) is 2.27. The predicted octanol–water partition coefficient (Wildman–Crippen LogP) is 1.72. The minimum Gasteiger partial charge on any atom is -0.396 e. The van der Waals surface area contributed by atoms with Gasteiger partial charge in [0.2, 0.25) is 0 Å². The van der Waals surface area contributed by atoms with Gasteiger partial charge in [-0.3, -0.25) is 4.79 Å². The van der Waals surface area contributed by atoms with Gasteiger partial charge in [-0.2, -0.15) is 0 Å². The lowest BCUT2D eigenvalue weighted by Crippen LogP contribution is -2.29. The number of hydrogen-bond acceptors (Lipinski definition) is 3. The number of carbonyl (C=O) groups is 1. The molecule has 0 aliphatic carbocycles. The monoisotopic (exact) mass is 278 g/mol. The third kappa shape index (κ3) is 5.72. The molecule has 1 amide bonds. The van der Waals surface area contributed by atoms with Crippen molar-refractivity contribution in [3.05, 3.63) is 35.4 Å². The van der Waals surface area contributed by atoms with Gasteiger partial charge in [0.05, 0.1) is 0 Å². The van der Waals surface area contributed by atoms with Crippen LogP contribution in [0.5, 0.6) is 0 Å². The van der Waals surface area contributed by atoms with Crippen molar-refractivity contribution >= 4 is 5.91 Å². The summed E-state index contributed by atoms with van der Waals surface area (Å²) in [6.45, 7) is 3.53. The van der Waals surface area contributed by atoms with Crippen LogP contribution in [-0.2, 0) is 6.42 Å². The van der Waals surface area contributed by atoms with Crippen molar-refractivity contribution in [3.63, 3.8) is 0 Å². The SMILES string of the molecule is CCCC(CCO)CNC(=O)c1ccc(CCN)cc1. The highest BCUT2D eigenvalue weighted by atomic mass is 16.3. The second-order valence-corrected chi connectivity index (χ2v) is 5.11. The second-order valence-electron chi connectivity index (χ2n) is 5.11. The smallest absolute Gasteiger partial charge is 0.251 e. The van der Waals surface area contributed by atoms with Crippen molar-refractivity contribution in [3.8, 4) is 0 Å². The first-order valence-corrected chi connectivity index (χ1v) is 7.39. The highest BCUT2D eigenvalue weighted by Gasteiger charge is 2.10. The molecule has 0 radical (unpaired) electrons. The molecule has 0 aliphatic heterocycles. The van der Waals surface area contributed by atoms with Gasteiger partial charge in [0, 0.05) is 18.7 Å². The third-order valence-electron chi connectivity index (χ3n) is 3.43.